The Bertz CT molecular complexity index is 398. The van der Waals surface area contributed by atoms with Crippen LogP contribution in [0.15, 0.2) is 12.1 Å². The average Bonchev–Trinajstić information content (AvgIpc) is 2.16. The summed E-state index contributed by atoms with van der Waals surface area (Å²) in [6.07, 6.45) is 1.20. The number of nitrogens with zero attached hydrogens (tertiary/aromatic N) is 1. The van der Waals surface area contributed by atoms with Crippen LogP contribution >= 0.6 is 0 Å². The molecule has 1 aromatic carbocycles. The van der Waals surface area contributed by atoms with Crippen molar-refractivity contribution < 1.29 is 0 Å². The smallest absolute Gasteiger partial charge is 0.0455 e. The molecule has 0 spiro atoms. The van der Waals surface area contributed by atoms with Crippen LogP contribution in [0.1, 0.15) is 28.3 Å². The van der Waals surface area contributed by atoms with Crippen molar-refractivity contribution in [1.82, 2.24) is 10.2 Å². The van der Waals surface area contributed by atoms with Gasteiger partial charge in [-0.3, -0.25) is 0 Å². The van der Waals surface area contributed by atoms with E-state index in [9.17, 15) is 0 Å². The van der Waals surface area contributed by atoms with Gasteiger partial charge in [0, 0.05) is 19.1 Å². The first-order chi connectivity index (χ1) is 7.24. The molecule has 15 heavy (non-hydrogen) atoms. The zero-order valence-electron chi connectivity index (χ0n) is 9.51. The van der Waals surface area contributed by atoms with Crippen LogP contribution in [0.2, 0.25) is 0 Å². The third-order valence-electron chi connectivity index (χ3n) is 3.56. The maximum atomic E-state index is 3.63. The molecule has 1 atom stereocenters. The lowest BCUT2D eigenvalue weighted by Crippen LogP contribution is -2.42. The first-order valence-electron chi connectivity index (χ1n) is 5.78. The van der Waals surface area contributed by atoms with Gasteiger partial charge in [-0.1, -0.05) is 17.7 Å². The van der Waals surface area contributed by atoms with Crippen LogP contribution in [0.25, 0.3) is 0 Å². The number of benzene rings is 1. The molecule has 0 fully saturated rings. The van der Waals surface area contributed by atoms with Crippen molar-refractivity contribution in [3.63, 3.8) is 0 Å². The highest BCUT2D eigenvalue weighted by atomic mass is 15.1. The number of rotatable bonds is 0. The number of nitrogens with one attached hydrogen (secondary N) is 1. The van der Waals surface area contributed by atoms with Crippen LogP contribution in [0.4, 0.5) is 0 Å². The fourth-order valence-electron chi connectivity index (χ4n) is 3.04. The Morgan fingerprint density at radius 2 is 2.13 bits per heavy atom. The van der Waals surface area contributed by atoms with Crippen molar-refractivity contribution in [2.45, 2.75) is 25.9 Å². The van der Waals surface area contributed by atoms with Crippen LogP contribution in [0, 0.1) is 6.92 Å². The molecule has 2 heteroatoms. The molecule has 2 aliphatic rings. The first kappa shape index (κ1) is 9.37. The van der Waals surface area contributed by atoms with E-state index in [-0.39, 0.29) is 0 Å². The van der Waals surface area contributed by atoms with Crippen molar-refractivity contribution >= 4 is 0 Å². The summed E-state index contributed by atoms with van der Waals surface area (Å²) in [5, 5.41) is 3.63. The summed E-state index contributed by atoms with van der Waals surface area (Å²) in [7, 11) is 2.21. The molecule has 80 valence electrons. The first-order valence-corrected chi connectivity index (χ1v) is 5.78. The summed E-state index contributed by atoms with van der Waals surface area (Å²) in [5.41, 5.74) is 6.14. The normalized spacial score (nSPS) is 25.1. The number of hydrogen-bond acceptors (Lipinski definition) is 2. The van der Waals surface area contributed by atoms with E-state index in [1.54, 1.807) is 11.1 Å². The molecule has 0 bridgehead atoms. The lowest BCUT2D eigenvalue weighted by Gasteiger charge is -2.37. The molecule has 0 radical (unpaired) electrons. The monoisotopic (exact) mass is 202 g/mol. The van der Waals surface area contributed by atoms with Crippen molar-refractivity contribution in [3.05, 3.63) is 34.4 Å². The summed E-state index contributed by atoms with van der Waals surface area (Å²) in [4.78, 5) is 2.41. The molecule has 1 aromatic rings. The van der Waals surface area contributed by atoms with Gasteiger partial charge in [0.1, 0.15) is 0 Å². The third-order valence-corrected chi connectivity index (χ3v) is 3.56. The second-order valence-corrected chi connectivity index (χ2v) is 4.95. The van der Waals surface area contributed by atoms with E-state index >= 15 is 0 Å². The highest BCUT2D eigenvalue weighted by molar-refractivity contribution is 5.44. The SMILES string of the molecule is Cc1cc2c3c(c1)CN(C)CC3NCC2. The minimum atomic E-state index is 0.572. The van der Waals surface area contributed by atoms with Crippen molar-refractivity contribution in [3.8, 4) is 0 Å². The van der Waals surface area contributed by atoms with E-state index in [4.69, 9.17) is 0 Å². The second kappa shape index (κ2) is 3.32. The summed E-state index contributed by atoms with van der Waals surface area (Å²) in [6, 6.07) is 5.30. The van der Waals surface area contributed by atoms with Gasteiger partial charge in [0.2, 0.25) is 0 Å². The third kappa shape index (κ3) is 1.48. The predicted octanol–water partition coefficient (Wildman–Crippen LogP) is 1.63. The standard InChI is InChI=1S/C13H18N2/c1-9-5-10-3-4-14-12-8-15(2)7-11(6-9)13(10)12/h5-6,12,14H,3-4,7-8H2,1-2H3. The highest BCUT2D eigenvalue weighted by Gasteiger charge is 2.28. The van der Waals surface area contributed by atoms with E-state index < -0.39 is 0 Å². The largest absolute Gasteiger partial charge is 0.309 e. The van der Waals surface area contributed by atoms with Gasteiger partial charge >= 0.3 is 0 Å². The summed E-state index contributed by atoms with van der Waals surface area (Å²) in [5.74, 6) is 0. The Labute approximate surface area is 91.3 Å². The Morgan fingerprint density at radius 3 is 3.00 bits per heavy atom. The van der Waals surface area contributed by atoms with Gasteiger partial charge < -0.3 is 10.2 Å². The van der Waals surface area contributed by atoms with Crippen molar-refractivity contribution in [2.24, 2.45) is 0 Å². The van der Waals surface area contributed by atoms with E-state index in [0.717, 1.165) is 19.6 Å². The van der Waals surface area contributed by atoms with Crippen LogP contribution in [-0.2, 0) is 13.0 Å². The molecule has 0 aliphatic carbocycles. The van der Waals surface area contributed by atoms with E-state index in [1.165, 1.54) is 17.5 Å². The molecule has 3 rings (SSSR count). The minimum Gasteiger partial charge on any atom is -0.309 e. The van der Waals surface area contributed by atoms with Gasteiger partial charge in [0.25, 0.3) is 0 Å². The predicted molar refractivity (Wildman–Crippen MR) is 62.0 cm³/mol. The van der Waals surface area contributed by atoms with Crippen molar-refractivity contribution in [1.29, 1.82) is 0 Å². The number of hydrogen-bond donors (Lipinski definition) is 1. The molecule has 2 nitrogen and oxygen atoms in total. The van der Waals surface area contributed by atoms with Crippen LogP contribution in [0.3, 0.4) is 0 Å². The molecule has 1 unspecified atom stereocenters. The van der Waals surface area contributed by atoms with E-state index in [1.807, 2.05) is 0 Å². The Balaban J connectivity index is 2.16. The molecule has 2 heterocycles. The van der Waals surface area contributed by atoms with Gasteiger partial charge in [-0.15, -0.1) is 0 Å². The number of likely N-dealkylation sites (N-methyl/N-ethyl adjacent to an activating group) is 1. The molecule has 1 N–H and O–H groups in total. The maximum Gasteiger partial charge on any atom is 0.0455 e. The Kier molecular flexibility index (Phi) is 2.08. The zero-order chi connectivity index (χ0) is 10.4. The lowest BCUT2D eigenvalue weighted by molar-refractivity contribution is 0.254. The van der Waals surface area contributed by atoms with Gasteiger partial charge in [0.05, 0.1) is 0 Å². The summed E-state index contributed by atoms with van der Waals surface area (Å²) < 4.78 is 0. The van der Waals surface area contributed by atoms with E-state index in [2.05, 4.69) is 36.3 Å². The van der Waals surface area contributed by atoms with Crippen LogP contribution in [-0.4, -0.2) is 25.0 Å². The number of aryl methyl sites for hydroxylation is 1. The summed E-state index contributed by atoms with van der Waals surface area (Å²) >= 11 is 0. The topological polar surface area (TPSA) is 15.3 Å². The fraction of sp³-hybridized carbons (Fsp3) is 0.538. The molecular weight excluding hydrogens is 184 g/mol. The zero-order valence-corrected chi connectivity index (χ0v) is 9.51. The second-order valence-electron chi connectivity index (χ2n) is 4.95. The minimum absolute atomic E-state index is 0.572. The quantitative estimate of drug-likeness (QED) is 0.688. The van der Waals surface area contributed by atoms with Crippen LogP contribution < -0.4 is 5.32 Å². The molecule has 0 saturated heterocycles. The molecule has 0 aromatic heterocycles. The molecule has 0 saturated carbocycles. The lowest BCUT2D eigenvalue weighted by atomic mass is 9.85. The average molecular weight is 202 g/mol. The van der Waals surface area contributed by atoms with Gasteiger partial charge in [-0.05, 0) is 43.6 Å². The van der Waals surface area contributed by atoms with E-state index in [0.29, 0.717) is 6.04 Å². The molecular formula is C13H18N2. The highest BCUT2D eigenvalue weighted by Crippen LogP contribution is 2.32. The van der Waals surface area contributed by atoms with Gasteiger partial charge in [0.15, 0.2) is 0 Å². The fourth-order valence-corrected chi connectivity index (χ4v) is 3.04. The van der Waals surface area contributed by atoms with Crippen LogP contribution in [0.5, 0.6) is 0 Å². The Morgan fingerprint density at radius 1 is 1.33 bits per heavy atom. The van der Waals surface area contributed by atoms with Gasteiger partial charge in [-0.25, -0.2) is 0 Å². The van der Waals surface area contributed by atoms with Gasteiger partial charge in [-0.2, -0.15) is 0 Å². The molecule has 2 aliphatic heterocycles. The maximum absolute atomic E-state index is 3.63. The van der Waals surface area contributed by atoms with Crippen molar-refractivity contribution in [2.75, 3.05) is 20.1 Å². The summed E-state index contributed by atoms with van der Waals surface area (Å²) in [6.45, 7) is 5.61. The Hall–Kier alpha value is -0.860. The molecule has 0 amide bonds.